The molecule has 1 aliphatic carbocycles. The summed E-state index contributed by atoms with van der Waals surface area (Å²) in [5, 5.41) is 3.23. The van der Waals surface area contributed by atoms with Crippen molar-refractivity contribution in [2.24, 2.45) is 0 Å². The number of nitrogens with one attached hydrogen (secondary N) is 1. The Morgan fingerprint density at radius 3 is 2.83 bits per heavy atom. The van der Waals surface area contributed by atoms with Crippen LogP contribution < -0.4 is 11.1 Å². The molecule has 0 bridgehead atoms. The molecule has 7 heteroatoms. The number of carbonyl (C=O) groups is 2. The van der Waals surface area contributed by atoms with E-state index < -0.39 is 0 Å². The molecule has 152 valence electrons. The minimum atomic E-state index is -0.135. The van der Waals surface area contributed by atoms with Crippen LogP contribution in [0, 0.1) is 11.8 Å². The van der Waals surface area contributed by atoms with E-state index in [1.807, 2.05) is 12.3 Å². The van der Waals surface area contributed by atoms with Gasteiger partial charge in [0.25, 0.3) is 0 Å². The van der Waals surface area contributed by atoms with E-state index in [0.717, 1.165) is 12.8 Å². The molecule has 0 unspecified atom stereocenters. The summed E-state index contributed by atoms with van der Waals surface area (Å²) in [6.07, 6.45) is 7.81. The zero-order valence-electron chi connectivity index (χ0n) is 16.8. The highest BCUT2D eigenvalue weighted by Gasteiger charge is 2.25. The van der Waals surface area contributed by atoms with Crippen LogP contribution >= 0.6 is 0 Å². The maximum atomic E-state index is 13.4. The topological polar surface area (TPSA) is 103 Å². The lowest BCUT2D eigenvalue weighted by atomic mass is 10.0. The summed E-state index contributed by atoms with van der Waals surface area (Å²) in [6.45, 7) is 1.70. The van der Waals surface area contributed by atoms with Gasteiger partial charge in [-0.05, 0) is 25.0 Å². The van der Waals surface area contributed by atoms with Crippen molar-refractivity contribution >= 4 is 28.5 Å². The molecule has 2 aromatic heterocycles. The molecule has 1 fully saturated rings. The van der Waals surface area contributed by atoms with E-state index in [2.05, 4.69) is 31.7 Å². The van der Waals surface area contributed by atoms with Crippen LogP contribution in [0.3, 0.4) is 0 Å². The van der Waals surface area contributed by atoms with Gasteiger partial charge >= 0.3 is 0 Å². The summed E-state index contributed by atoms with van der Waals surface area (Å²) in [6, 6.07) is 7.47. The third kappa shape index (κ3) is 3.90. The van der Waals surface area contributed by atoms with Gasteiger partial charge in [0.1, 0.15) is 17.8 Å². The summed E-state index contributed by atoms with van der Waals surface area (Å²) in [5.41, 5.74) is 8.60. The second-order valence-electron chi connectivity index (χ2n) is 7.47. The second kappa shape index (κ2) is 8.37. The van der Waals surface area contributed by atoms with Crippen molar-refractivity contribution < 1.29 is 9.59 Å². The first-order valence-corrected chi connectivity index (χ1v) is 10.0. The Hall–Kier alpha value is -3.66. The fraction of sp³-hybridized carbons (Fsp3) is 0.304. The fourth-order valence-electron chi connectivity index (χ4n) is 3.95. The van der Waals surface area contributed by atoms with Crippen molar-refractivity contribution in [2.75, 3.05) is 12.3 Å². The maximum absolute atomic E-state index is 13.4. The molecule has 1 saturated carbocycles. The highest BCUT2D eigenvalue weighted by Crippen LogP contribution is 2.35. The zero-order chi connectivity index (χ0) is 21.1. The van der Waals surface area contributed by atoms with Crippen molar-refractivity contribution in [3.8, 4) is 11.8 Å². The number of carbonyl (C=O) groups excluding carboxylic acids is 2. The van der Waals surface area contributed by atoms with Gasteiger partial charge in [0.05, 0.1) is 17.5 Å². The molecule has 0 spiro atoms. The van der Waals surface area contributed by atoms with Crippen molar-refractivity contribution in [1.82, 2.24) is 19.9 Å². The number of nitrogens with zero attached hydrogens (tertiary/aromatic N) is 3. The number of amides is 1. The molecule has 30 heavy (non-hydrogen) atoms. The number of nitrogens with two attached hydrogens (primary N) is 1. The number of benzene rings is 1. The second-order valence-corrected chi connectivity index (χ2v) is 7.47. The molecule has 2 heterocycles. The standard InChI is InChI=1S/C23H23N5O2/c1-15(29)25-11-5-7-16-6-4-8-17(12-16)21(30)19-13-28(18-9-2-3-10-18)23-20(19)22(24)26-14-27-23/h4,6,8,12-14,18H,2-3,9-11H2,1H3,(H,25,29)(H2,24,26,27). The van der Waals surface area contributed by atoms with Gasteiger partial charge in [0, 0.05) is 30.3 Å². The number of rotatable bonds is 4. The third-order valence-electron chi connectivity index (χ3n) is 5.38. The Morgan fingerprint density at radius 2 is 2.07 bits per heavy atom. The summed E-state index contributed by atoms with van der Waals surface area (Å²) < 4.78 is 2.09. The first-order valence-electron chi connectivity index (χ1n) is 10.0. The van der Waals surface area contributed by atoms with Gasteiger partial charge in [-0.2, -0.15) is 0 Å². The number of hydrogen-bond acceptors (Lipinski definition) is 5. The van der Waals surface area contributed by atoms with E-state index in [9.17, 15) is 9.59 Å². The van der Waals surface area contributed by atoms with Crippen LogP contribution in [0.2, 0.25) is 0 Å². The molecular weight excluding hydrogens is 378 g/mol. The predicted octanol–water partition coefficient (Wildman–Crippen LogP) is 2.85. The SMILES string of the molecule is CC(=O)NCC#Cc1cccc(C(=O)c2cn(C3CCCC3)c3ncnc(N)c23)c1. The average Bonchev–Trinajstić information content (AvgIpc) is 3.39. The Kier molecular flexibility index (Phi) is 5.48. The molecule has 1 aromatic carbocycles. The summed E-state index contributed by atoms with van der Waals surface area (Å²) in [7, 11) is 0. The third-order valence-corrected chi connectivity index (χ3v) is 5.38. The minimum absolute atomic E-state index is 0.133. The lowest BCUT2D eigenvalue weighted by Crippen LogP contribution is -2.19. The highest BCUT2D eigenvalue weighted by atomic mass is 16.1. The van der Waals surface area contributed by atoms with Gasteiger partial charge in [-0.15, -0.1) is 0 Å². The highest BCUT2D eigenvalue weighted by molar-refractivity contribution is 6.18. The van der Waals surface area contributed by atoms with Crippen LogP contribution in [0.25, 0.3) is 11.0 Å². The van der Waals surface area contributed by atoms with Crippen LogP contribution in [0.5, 0.6) is 0 Å². The Bertz CT molecular complexity index is 1180. The molecule has 3 aromatic rings. The van der Waals surface area contributed by atoms with Gasteiger partial charge in [0.2, 0.25) is 5.91 Å². The van der Waals surface area contributed by atoms with Crippen molar-refractivity contribution in [3.63, 3.8) is 0 Å². The van der Waals surface area contributed by atoms with Crippen LogP contribution in [0.4, 0.5) is 5.82 Å². The van der Waals surface area contributed by atoms with E-state index in [1.165, 1.54) is 26.1 Å². The van der Waals surface area contributed by atoms with Crippen LogP contribution in [-0.4, -0.2) is 32.8 Å². The van der Waals surface area contributed by atoms with Gasteiger partial charge in [-0.1, -0.05) is 36.8 Å². The van der Waals surface area contributed by atoms with Crippen molar-refractivity contribution in [2.45, 2.75) is 38.6 Å². The summed E-state index contributed by atoms with van der Waals surface area (Å²) in [4.78, 5) is 32.9. The molecule has 1 amide bonds. The lowest BCUT2D eigenvalue weighted by Gasteiger charge is -2.12. The molecule has 0 aliphatic heterocycles. The quantitative estimate of drug-likeness (QED) is 0.517. The van der Waals surface area contributed by atoms with E-state index in [1.54, 1.807) is 18.2 Å². The lowest BCUT2D eigenvalue weighted by molar-refractivity contribution is -0.118. The monoisotopic (exact) mass is 401 g/mol. The average molecular weight is 401 g/mol. The van der Waals surface area contributed by atoms with Gasteiger partial charge < -0.3 is 15.6 Å². The Labute approximate surface area is 174 Å². The Morgan fingerprint density at radius 1 is 1.27 bits per heavy atom. The molecular formula is C23H23N5O2. The predicted molar refractivity (Wildman–Crippen MR) is 115 cm³/mol. The molecule has 4 rings (SSSR count). The number of aromatic nitrogens is 3. The number of anilines is 1. The van der Waals surface area contributed by atoms with E-state index >= 15 is 0 Å². The van der Waals surface area contributed by atoms with Crippen molar-refractivity contribution in [1.29, 1.82) is 0 Å². The van der Waals surface area contributed by atoms with Gasteiger partial charge in [-0.25, -0.2) is 9.97 Å². The first kappa shape index (κ1) is 19.6. The van der Waals surface area contributed by atoms with E-state index in [-0.39, 0.29) is 18.2 Å². The molecule has 0 radical (unpaired) electrons. The van der Waals surface area contributed by atoms with E-state index in [4.69, 9.17) is 5.73 Å². The number of hydrogen-bond donors (Lipinski definition) is 2. The van der Waals surface area contributed by atoms with Crippen molar-refractivity contribution in [3.05, 3.63) is 53.5 Å². The zero-order valence-corrected chi connectivity index (χ0v) is 16.8. The van der Waals surface area contributed by atoms with Gasteiger partial charge in [-0.3, -0.25) is 9.59 Å². The Balaban J connectivity index is 1.70. The number of ketones is 1. The number of fused-ring (bicyclic) bond motifs is 1. The fourth-order valence-corrected chi connectivity index (χ4v) is 3.95. The van der Waals surface area contributed by atoms with E-state index in [0.29, 0.717) is 39.6 Å². The maximum Gasteiger partial charge on any atom is 0.217 e. The normalized spacial score (nSPS) is 13.8. The first-order chi connectivity index (χ1) is 14.5. The van der Waals surface area contributed by atoms with Crippen LogP contribution in [0.1, 0.15) is 60.1 Å². The molecule has 7 nitrogen and oxygen atoms in total. The molecule has 0 atom stereocenters. The van der Waals surface area contributed by atoms with Gasteiger partial charge in [0.15, 0.2) is 5.78 Å². The molecule has 0 saturated heterocycles. The molecule has 1 aliphatic rings. The van der Waals surface area contributed by atoms with Crippen LogP contribution in [-0.2, 0) is 4.79 Å². The smallest absolute Gasteiger partial charge is 0.217 e. The molecule has 3 N–H and O–H groups in total. The summed E-state index contributed by atoms with van der Waals surface area (Å²) in [5.74, 6) is 5.90. The minimum Gasteiger partial charge on any atom is -0.383 e. The summed E-state index contributed by atoms with van der Waals surface area (Å²) >= 11 is 0. The van der Waals surface area contributed by atoms with Crippen LogP contribution in [0.15, 0.2) is 36.8 Å². The number of nitrogen functional groups attached to an aromatic ring is 1. The largest absolute Gasteiger partial charge is 0.383 e.